The summed E-state index contributed by atoms with van der Waals surface area (Å²) in [6.07, 6.45) is 4.36. The Hall–Kier alpha value is -1.50. The van der Waals surface area contributed by atoms with Crippen LogP contribution >= 0.6 is 23.2 Å². The number of nitrogens with zero attached hydrogens (tertiary/aromatic N) is 3. The first kappa shape index (κ1) is 20.2. The van der Waals surface area contributed by atoms with Gasteiger partial charge in [0.25, 0.3) is 0 Å². The van der Waals surface area contributed by atoms with Gasteiger partial charge in [0.05, 0.1) is 15.7 Å². The highest BCUT2D eigenvalue weighted by atomic mass is 35.5. The molecule has 0 aliphatic carbocycles. The number of carbonyl (C=O) groups is 1. The fourth-order valence-corrected chi connectivity index (χ4v) is 3.86. The van der Waals surface area contributed by atoms with Crippen molar-refractivity contribution in [3.63, 3.8) is 0 Å². The Morgan fingerprint density at radius 1 is 1.37 bits per heavy atom. The molecule has 0 spiro atoms. The molecule has 0 saturated carbocycles. The summed E-state index contributed by atoms with van der Waals surface area (Å²) in [5, 5.41) is 4.67. The van der Waals surface area contributed by atoms with Crippen LogP contribution < -0.4 is 5.32 Å². The maximum absolute atomic E-state index is 12.3. The van der Waals surface area contributed by atoms with Gasteiger partial charge in [-0.15, -0.1) is 0 Å². The molecule has 0 bridgehead atoms. The summed E-state index contributed by atoms with van der Waals surface area (Å²) in [4.78, 5) is 18.6. The standard InChI is InChI=1S/C19H26Cl2N4O2/c1-12-9-24(18(26)27-19(2,3)4)6-5-16(12)22-8-14-11-25-10-13(20)7-15(21)17(25)23-14/h7,10-12,16,22H,5-6,8-9H2,1-4H3. The summed E-state index contributed by atoms with van der Waals surface area (Å²) in [7, 11) is 0. The number of imidazole rings is 1. The lowest BCUT2D eigenvalue weighted by molar-refractivity contribution is 0.0143. The first-order chi connectivity index (χ1) is 12.6. The molecular formula is C19H26Cl2N4O2. The van der Waals surface area contributed by atoms with Crippen molar-refractivity contribution in [3.8, 4) is 0 Å². The lowest BCUT2D eigenvalue weighted by Crippen LogP contribution is -2.51. The van der Waals surface area contributed by atoms with Crippen LogP contribution in [-0.2, 0) is 11.3 Å². The molecule has 1 N–H and O–H groups in total. The molecule has 27 heavy (non-hydrogen) atoms. The second-order valence-electron chi connectivity index (χ2n) is 8.15. The average molecular weight is 413 g/mol. The normalized spacial score (nSPS) is 20.9. The van der Waals surface area contributed by atoms with Crippen molar-refractivity contribution in [1.82, 2.24) is 19.6 Å². The number of likely N-dealkylation sites (tertiary alicyclic amines) is 1. The Kier molecular flexibility index (Phi) is 5.89. The molecule has 0 aromatic carbocycles. The number of nitrogens with one attached hydrogen (secondary N) is 1. The first-order valence-electron chi connectivity index (χ1n) is 9.16. The molecule has 148 valence electrons. The van der Waals surface area contributed by atoms with Gasteiger partial charge < -0.3 is 19.4 Å². The number of fused-ring (bicyclic) bond motifs is 1. The third kappa shape index (κ3) is 5.06. The van der Waals surface area contributed by atoms with E-state index in [1.165, 1.54) is 0 Å². The molecule has 1 saturated heterocycles. The average Bonchev–Trinajstić information content (AvgIpc) is 2.95. The third-order valence-electron chi connectivity index (χ3n) is 4.63. The van der Waals surface area contributed by atoms with Gasteiger partial charge in [-0.25, -0.2) is 9.78 Å². The molecular weight excluding hydrogens is 387 g/mol. The minimum atomic E-state index is -0.470. The Bertz CT molecular complexity index is 831. The van der Waals surface area contributed by atoms with E-state index in [1.54, 1.807) is 17.2 Å². The summed E-state index contributed by atoms with van der Waals surface area (Å²) in [6.45, 7) is 9.80. The van der Waals surface area contributed by atoms with Crippen molar-refractivity contribution in [2.45, 2.75) is 52.3 Å². The Morgan fingerprint density at radius 2 is 2.11 bits per heavy atom. The molecule has 1 fully saturated rings. The number of carbonyl (C=O) groups excluding carboxylic acids is 1. The molecule has 3 heterocycles. The van der Waals surface area contributed by atoms with Crippen LogP contribution in [0, 0.1) is 5.92 Å². The zero-order valence-corrected chi connectivity index (χ0v) is 17.6. The van der Waals surface area contributed by atoms with Crippen LogP contribution in [0.2, 0.25) is 10.0 Å². The van der Waals surface area contributed by atoms with E-state index in [2.05, 4.69) is 17.2 Å². The first-order valence-corrected chi connectivity index (χ1v) is 9.92. The Morgan fingerprint density at radius 3 is 2.78 bits per heavy atom. The molecule has 1 amide bonds. The lowest BCUT2D eigenvalue weighted by atomic mass is 9.94. The number of pyridine rings is 1. The van der Waals surface area contributed by atoms with Gasteiger partial charge in [-0.3, -0.25) is 0 Å². The van der Waals surface area contributed by atoms with Crippen molar-refractivity contribution in [3.05, 3.63) is 34.2 Å². The van der Waals surface area contributed by atoms with Crippen LogP contribution in [0.1, 0.15) is 39.8 Å². The molecule has 2 aromatic rings. The largest absolute Gasteiger partial charge is 0.444 e. The van der Waals surface area contributed by atoms with Crippen molar-refractivity contribution < 1.29 is 9.53 Å². The predicted octanol–water partition coefficient (Wildman–Crippen LogP) is 4.38. The van der Waals surface area contributed by atoms with Gasteiger partial charge in [0, 0.05) is 38.1 Å². The molecule has 3 rings (SSSR count). The molecule has 8 heteroatoms. The molecule has 2 unspecified atom stereocenters. The summed E-state index contributed by atoms with van der Waals surface area (Å²) >= 11 is 12.2. The predicted molar refractivity (Wildman–Crippen MR) is 107 cm³/mol. The van der Waals surface area contributed by atoms with Gasteiger partial charge in [0.1, 0.15) is 5.60 Å². The van der Waals surface area contributed by atoms with Crippen LogP contribution in [0.3, 0.4) is 0 Å². The highest BCUT2D eigenvalue weighted by molar-refractivity contribution is 6.36. The van der Waals surface area contributed by atoms with Crippen LogP contribution in [0.15, 0.2) is 18.5 Å². The summed E-state index contributed by atoms with van der Waals surface area (Å²) in [5.41, 5.74) is 1.13. The third-order valence-corrected chi connectivity index (χ3v) is 5.11. The van der Waals surface area contributed by atoms with Gasteiger partial charge >= 0.3 is 6.09 Å². The van der Waals surface area contributed by atoms with Crippen molar-refractivity contribution in [2.75, 3.05) is 13.1 Å². The number of halogens is 2. The van der Waals surface area contributed by atoms with E-state index in [9.17, 15) is 4.79 Å². The number of hydrogen-bond acceptors (Lipinski definition) is 4. The van der Waals surface area contributed by atoms with Gasteiger partial charge in [-0.1, -0.05) is 30.1 Å². The van der Waals surface area contributed by atoms with Crippen molar-refractivity contribution in [1.29, 1.82) is 0 Å². The van der Waals surface area contributed by atoms with E-state index in [0.717, 1.165) is 12.1 Å². The number of rotatable bonds is 3. The molecule has 1 aliphatic rings. The van der Waals surface area contributed by atoms with Crippen molar-refractivity contribution >= 4 is 34.9 Å². The van der Waals surface area contributed by atoms with Crippen molar-refractivity contribution in [2.24, 2.45) is 5.92 Å². The van der Waals surface area contributed by atoms with Gasteiger partial charge in [-0.2, -0.15) is 0 Å². The van der Waals surface area contributed by atoms with Crippen LogP contribution in [0.4, 0.5) is 4.79 Å². The highest BCUT2D eigenvalue weighted by Crippen LogP contribution is 2.23. The fraction of sp³-hybridized carbons (Fsp3) is 0.579. The number of hydrogen-bond donors (Lipinski definition) is 1. The SMILES string of the molecule is CC1CN(C(=O)OC(C)(C)C)CCC1NCc1cn2cc(Cl)cc(Cl)c2n1. The Labute approximate surface area is 169 Å². The minimum Gasteiger partial charge on any atom is -0.444 e. The van der Waals surface area contributed by atoms with E-state index in [1.807, 2.05) is 31.4 Å². The topological polar surface area (TPSA) is 58.9 Å². The van der Waals surface area contributed by atoms with E-state index in [-0.39, 0.29) is 6.09 Å². The number of ether oxygens (including phenoxy) is 1. The molecule has 1 aliphatic heterocycles. The monoisotopic (exact) mass is 412 g/mol. The van der Waals surface area contributed by atoms with Crippen LogP contribution in [0.25, 0.3) is 5.65 Å². The zero-order chi connectivity index (χ0) is 19.8. The maximum atomic E-state index is 12.3. The summed E-state index contributed by atoms with van der Waals surface area (Å²) < 4.78 is 7.32. The van der Waals surface area contributed by atoms with E-state index >= 15 is 0 Å². The maximum Gasteiger partial charge on any atom is 0.410 e. The lowest BCUT2D eigenvalue weighted by Gasteiger charge is -2.37. The molecule has 0 radical (unpaired) electrons. The van der Waals surface area contributed by atoms with Gasteiger partial charge in [0.15, 0.2) is 5.65 Å². The smallest absolute Gasteiger partial charge is 0.410 e. The minimum absolute atomic E-state index is 0.236. The zero-order valence-electron chi connectivity index (χ0n) is 16.1. The number of amides is 1. The second kappa shape index (κ2) is 7.86. The molecule has 6 nitrogen and oxygen atoms in total. The molecule has 2 aromatic heterocycles. The quantitative estimate of drug-likeness (QED) is 0.812. The van der Waals surface area contributed by atoms with E-state index in [0.29, 0.717) is 47.3 Å². The number of aromatic nitrogens is 2. The second-order valence-corrected chi connectivity index (χ2v) is 8.99. The van der Waals surface area contributed by atoms with Crippen LogP contribution in [-0.4, -0.2) is 45.1 Å². The summed E-state index contributed by atoms with van der Waals surface area (Å²) in [6, 6.07) is 2.00. The molecule has 2 atom stereocenters. The fourth-order valence-electron chi connectivity index (χ4n) is 3.34. The summed E-state index contributed by atoms with van der Waals surface area (Å²) in [5.74, 6) is 0.321. The Balaban J connectivity index is 1.57. The number of piperidine rings is 1. The van der Waals surface area contributed by atoms with Gasteiger partial charge in [-0.05, 0) is 39.2 Å². The van der Waals surface area contributed by atoms with E-state index in [4.69, 9.17) is 27.9 Å². The van der Waals surface area contributed by atoms with Crippen LogP contribution in [0.5, 0.6) is 0 Å². The highest BCUT2D eigenvalue weighted by Gasteiger charge is 2.31. The van der Waals surface area contributed by atoms with E-state index < -0.39 is 5.60 Å². The van der Waals surface area contributed by atoms with Gasteiger partial charge in [0.2, 0.25) is 0 Å².